The Balaban J connectivity index is 1.50. The maximum atomic E-state index is 4.68. The number of rotatable bonds is 7. The molecule has 0 radical (unpaired) electrons. The van der Waals surface area contributed by atoms with Crippen molar-refractivity contribution < 1.29 is 0 Å². The molecule has 1 aliphatic heterocycles. The molecule has 0 aliphatic carbocycles. The van der Waals surface area contributed by atoms with Gasteiger partial charge in [0.2, 0.25) is 0 Å². The van der Waals surface area contributed by atoms with Crippen molar-refractivity contribution in [2.24, 2.45) is 0 Å². The largest absolute Gasteiger partial charge is 0.372 e. The lowest BCUT2D eigenvalue weighted by Crippen LogP contribution is -2.23. The molecule has 4 rings (SSSR count). The summed E-state index contributed by atoms with van der Waals surface area (Å²) in [6.45, 7) is 8.14. The van der Waals surface area contributed by atoms with Gasteiger partial charge in [-0.2, -0.15) is 0 Å². The van der Waals surface area contributed by atoms with E-state index in [4.69, 9.17) is 0 Å². The molecule has 2 heterocycles. The van der Waals surface area contributed by atoms with Gasteiger partial charge < -0.3 is 15.1 Å². The summed E-state index contributed by atoms with van der Waals surface area (Å²) in [6.07, 6.45) is 2.58. The van der Waals surface area contributed by atoms with Crippen LogP contribution in [0.15, 0.2) is 60.7 Å². The monoisotopic (exact) mass is 387 g/mol. The molecule has 3 aromatic rings. The lowest BCUT2D eigenvalue weighted by molar-refractivity contribution is 0.805. The summed E-state index contributed by atoms with van der Waals surface area (Å²) in [7, 11) is 0. The topological polar surface area (TPSA) is 44.3 Å². The number of aromatic nitrogens is 2. The smallest absolute Gasteiger partial charge is 0.136 e. The molecular formula is C24H29N5. The van der Waals surface area contributed by atoms with Gasteiger partial charge >= 0.3 is 0 Å². The summed E-state index contributed by atoms with van der Waals surface area (Å²) < 4.78 is 0. The van der Waals surface area contributed by atoms with Crippen molar-refractivity contribution in [3.63, 3.8) is 0 Å². The van der Waals surface area contributed by atoms with Crippen molar-refractivity contribution in [2.45, 2.75) is 33.2 Å². The molecule has 1 aromatic heterocycles. The number of hydrogen-bond donors (Lipinski definition) is 1. The molecule has 0 unspecified atom stereocenters. The first kappa shape index (κ1) is 19.2. The number of aryl methyl sites for hydroxylation is 1. The third-order valence-corrected chi connectivity index (χ3v) is 5.36. The average Bonchev–Trinajstić information content (AvgIpc) is 3.28. The van der Waals surface area contributed by atoms with E-state index in [0.29, 0.717) is 0 Å². The molecule has 1 N–H and O–H groups in total. The molecule has 1 aliphatic rings. The summed E-state index contributed by atoms with van der Waals surface area (Å²) >= 11 is 0. The second-order valence-corrected chi connectivity index (χ2v) is 7.52. The highest BCUT2D eigenvalue weighted by atomic mass is 15.2. The van der Waals surface area contributed by atoms with Crippen molar-refractivity contribution in [2.75, 3.05) is 34.8 Å². The number of benzene rings is 2. The first-order chi connectivity index (χ1) is 14.2. The molecule has 0 amide bonds. The number of nitrogens with zero attached hydrogens (tertiary/aromatic N) is 4. The maximum absolute atomic E-state index is 4.68. The van der Waals surface area contributed by atoms with Crippen molar-refractivity contribution in [1.29, 1.82) is 0 Å². The van der Waals surface area contributed by atoms with Crippen LogP contribution in [0.4, 0.5) is 23.0 Å². The molecule has 29 heavy (non-hydrogen) atoms. The Morgan fingerprint density at radius 2 is 1.69 bits per heavy atom. The maximum Gasteiger partial charge on any atom is 0.136 e. The van der Waals surface area contributed by atoms with Gasteiger partial charge in [0.05, 0.1) is 0 Å². The standard InChI is InChI=1S/C24H29N5/c1-3-28(18-20-9-5-4-6-10-20)24-17-23(25-19(2)26-24)27-21-11-13-22(14-12-21)29-15-7-8-16-29/h4-6,9-14,17H,3,7-8,15-16,18H2,1-2H3,(H,25,26,27). The van der Waals surface area contributed by atoms with Crippen molar-refractivity contribution in [3.8, 4) is 0 Å². The second-order valence-electron chi connectivity index (χ2n) is 7.52. The predicted octanol–water partition coefficient (Wildman–Crippen LogP) is 5.16. The van der Waals surface area contributed by atoms with Crippen LogP contribution >= 0.6 is 0 Å². The van der Waals surface area contributed by atoms with Gasteiger partial charge in [0, 0.05) is 43.6 Å². The summed E-state index contributed by atoms with van der Waals surface area (Å²) in [5.41, 5.74) is 3.62. The number of hydrogen-bond acceptors (Lipinski definition) is 5. The first-order valence-corrected chi connectivity index (χ1v) is 10.5. The van der Waals surface area contributed by atoms with E-state index in [0.717, 1.165) is 49.3 Å². The van der Waals surface area contributed by atoms with Crippen LogP contribution in [0, 0.1) is 6.92 Å². The van der Waals surface area contributed by atoms with Crippen molar-refractivity contribution in [1.82, 2.24) is 9.97 Å². The highest BCUT2D eigenvalue weighted by molar-refractivity contribution is 5.63. The zero-order valence-corrected chi connectivity index (χ0v) is 17.3. The van der Waals surface area contributed by atoms with Gasteiger partial charge in [-0.1, -0.05) is 30.3 Å². The summed E-state index contributed by atoms with van der Waals surface area (Å²) in [5.74, 6) is 2.54. The normalized spacial score (nSPS) is 13.5. The third kappa shape index (κ3) is 4.86. The van der Waals surface area contributed by atoms with Gasteiger partial charge in [-0.25, -0.2) is 9.97 Å². The molecule has 150 valence electrons. The van der Waals surface area contributed by atoms with Gasteiger partial charge in [0.1, 0.15) is 17.5 Å². The van der Waals surface area contributed by atoms with Gasteiger partial charge in [-0.05, 0) is 56.5 Å². The van der Waals surface area contributed by atoms with Crippen LogP contribution in [0.25, 0.3) is 0 Å². The zero-order chi connectivity index (χ0) is 20.1. The number of anilines is 4. The minimum Gasteiger partial charge on any atom is -0.372 e. The first-order valence-electron chi connectivity index (χ1n) is 10.5. The van der Waals surface area contributed by atoms with E-state index in [9.17, 15) is 0 Å². The minimum absolute atomic E-state index is 0.769. The SMILES string of the molecule is CCN(Cc1ccccc1)c1cc(Nc2ccc(N3CCCC3)cc2)nc(C)n1. The van der Waals surface area contributed by atoms with E-state index in [1.54, 1.807) is 0 Å². The quantitative estimate of drug-likeness (QED) is 0.607. The van der Waals surface area contributed by atoms with E-state index in [-0.39, 0.29) is 0 Å². The predicted molar refractivity (Wildman–Crippen MR) is 121 cm³/mol. The molecule has 5 heteroatoms. The van der Waals surface area contributed by atoms with Crippen LogP contribution in [0.3, 0.4) is 0 Å². The van der Waals surface area contributed by atoms with Gasteiger partial charge in [0.25, 0.3) is 0 Å². The van der Waals surface area contributed by atoms with E-state index < -0.39 is 0 Å². The van der Waals surface area contributed by atoms with E-state index in [2.05, 4.69) is 80.5 Å². The lowest BCUT2D eigenvalue weighted by Gasteiger charge is -2.23. The van der Waals surface area contributed by atoms with Crippen LogP contribution in [0.1, 0.15) is 31.2 Å². The average molecular weight is 388 g/mol. The van der Waals surface area contributed by atoms with Crippen LogP contribution in [-0.4, -0.2) is 29.6 Å². The Hall–Kier alpha value is -3.08. The van der Waals surface area contributed by atoms with Crippen LogP contribution < -0.4 is 15.1 Å². The van der Waals surface area contributed by atoms with Gasteiger partial charge in [-0.3, -0.25) is 0 Å². The molecule has 5 nitrogen and oxygen atoms in total. The van der Waals surface area contributed by atoms with Crippen LogP contribution in [0.5, 0.6) is 0 Å². The van der Waals surface area contributed by atoms with E-state index >= 15 is 0 Å². The van der Waals surface area contributed by atoms with Crippen molar-refractivity contribution >= 4 is 23.0 Å². The van der Waals surface area contributed by atoms with Crippen molar-refractivity contribution in [3.05, 3.63) is 72.1 Å². The zero-order valence-electron chi connectivity index (χ0n) is 17.3. The van der Waals surface area contributed by atoms with E-state index in [1.165, 1.54) is 24.1 Å². The Kier molecular flexibility index (Phi) is 5.94. The minimum atomic E-state index is 0.769. The third-order valence-electron chi connectivity index (χ3n) is 5.36. The molecule has 2 aromatic carbocycles. The fourth-order valence-electron chi connectivity index (χ4n) is 3.82. The van der Waals surface area contributed by atoms with Gasteiger partial charge in [-0.15, -0.1) is 0 Å². The highest BCUT2D eigenvalue weighted by Crippen LogP contribution is 2.25. The van der Waals surface area contributed by atoms with Crippen LogP contribution in [0.2, 0.25) is 0 Å². The molecule has 0 bridgehead atoms. The number of nitrogens with one attached hydrogen (secondary N) is 1. The summed E-state index contributed by atoms with van der Waals surface area (Å²) in [6, 6.07) is 21.2. The molecule has 0 spiro atoms. The Morgan fingerprint density at radius 3 is 2.38 bits per heavy atom. The summed E-state index contributed by atoms with van der Waals surface area (Å²) in [4.78, 5) is 14.0. The lowest BCUT2D eigenvalue weighted by atomic mass is 10.2. The fraction of sp³-hybridized carbons (Fsp3) is 0.333. The highest BCUT2D eigenvalue weighted by Gasteiger charge is 2.13. The van der Waals surface area contributed by atoms with Gasteiger partial charge in [0.15, 0.2) is 0 Å². The fourth-order valence-corrected chi connectivity index (χ4v) is 3.82. The molecule has 1 fully saturated rings. The Labute approximate surface area is 173 Å². The Morgan fingerprint density at radius 1 is 0.966 bits per heavy atom. The molecule has 1 saturated heterocycles. The molecule has 0 atom stereocenters. The summed E-state index contributed by atoms with van der Waals surface area (Å²) in [5, 5.41) is 3.45. The van der Waals surface area contributed by atoms with E-state index in [1.807, 2.05) is 19.1 Å². The van der Waals surface area contributed by atoms with Crippen LogP contribution in [-0.2, 0) is 6.54 Å². The molecular weight excluding hydrogens is 358 g/mol. The Bertz CT molecular complexity index is 918. The molecule has 0 saturated carbocycles. The second kappa shape index (κ2) is 8.95.